The first-order valence-corrected chi connectivity index (χ1v) is 6.92. The van der Waals surface area contributed by atoms with Gasteiger partial charge in [-0.05, 0) is 32.4 Å². The van der Waals surface area contributed by atoms with Crippen molar-refractivity contribution < 1.29 is 4.74 Å². The number of pyridine rings is 1. The highest BCUT2D eigenvalue weighted by Gasteiger charge is 2.36. The number of hydrogen-bond donors (Lipinski definition) is 1. The van der Waals surface area contributed by atoms with E-state index in [1.165, 1.54) is 0 Å². The third-order valence-corrected chi connectivity index (χ3v) is 4.18. The smallest absolute Gasteiger partial charge is 0.258 e. The number of hydrogen-bond acceptors (Lipinski definition) is 4. The lowest BCUT2D eigenvalue weighted by Crippen LogP contribution is -2.47. The molecule has 2 atom stereocenters. The van der Waals surface area contributed by atoms with Gasteiger partial charge in [-0.1, -0.05) is 6.07 Å². The Kier molecular flexibility index (Phi) is 3.31. The van der Waals surface area contributed by atoms with Gasteiger partial charge in [-0.3, -0.25) is 9.20 Å². The average Bonchev–Trinajstić information content (AvgIpc) is 2.77. The van der Waals surface area contributed by atoms with Crippen LogP contribution in [0.25, 0.3) is 5.65 Å². The maximum atomic E-state index is 12.0. The number of nitrogens with zero attached hydrogens (tertiary/aromatic N) is 2. The van der Waals surface area contributed by atoms with Crippen molar-refractivity contribution in [2.24, 2.45) is 0 Å². The molecule has 1 aliphatic rings. The normalized spacial score (nSPS) is 26.2. The van der Waals surface area contributed by atoms with Crippen LogP contribution in [-0.2, 0) is 11.3 Å². The van der Waals surface area contributed by atoms with Gasteiger partial charge in [-0.2, -0.15) is 0 Å². The Balaban J connectivity index is 1.83. The number of nitrogens with one attached hydrogen (secondary N) is 1. The van der Waals surface area contributed by atoms with E-state index in [1.807, 2.05) is 18.2 Å². The van der Waals surface area contributed by atoms with Gasteiger partial charge in [0.2, 0.25) is 0 Å². The zero-order valence-corrected chi connectivity index (χ0v) is 11.8. The maximum absolute atomic E-state index is 12.0. The van der Waals surface area contributed by atoms with E-state index in [-0.39, 0.29) is 17.2 Å². The Morgan fingerprint density at radius 1 is 1.55 bits per heavy atom. The molecule has 0 bridgehead atoms. The van der Waals surface area contributed by atoms with E-state index in [9.17, 15) is 4.79 Å². The van der Waals surface area contributed by atoms with E-state index in [0.717, 1.165) is 18.7 Å². The van der Waals surface area contributed by atoms with Crippen molar-refractivity contribution in [2.45, 2.75) is 38.5 Å². The maximum Gasteiger partial charge on any atom is 0.258 e. The molecule has 0 aliphatic carbocycles. The largest absolute Gasteiger partial charge is 0.377 e. The summed E-state index contributed by atoms with van der Waals surface area (Å²) in [6, 6.07) is 7.14. The SMILES string of the molecule is CC1OCCC1(C)NCc1cc(=O)n2ccccc2n1. The van der Waals surface area contributed by atoms with Gasteiger partial charge in [0.15, 0.2) is 0 Å². The van der Waals surface area contributed by atoms with E-state index < -0.39 is 0 Å². The van der Waals surface area contributed by atoms with Crippen LogP contribution in [0.4, 0.5) is 0 Å². The van der Waals surface area contributed by atoms with Crippen molar-refractivity contribution in [3.8, 4) is 0 Å². The average molecular weight is 273 g/mol. The van der Waals surface area contributed by atoms with Gasteiger partial charge in [0.25, 0.3) is 5.56 Å². The summed E-state index contributed by atoms with van der Waals surface area (Å²) in [6.07, 6.45) is 2.88. The van der Waals surface area contributed by atoms with Gasteiger partial charge in [-0.15, -0.1) is 0 Å². The van der Waals surface area contributed by atoms with Crippen LogP contribution in [0.5, 0.6) is 0 Å². The molecule has 2 aromatic rings. The monoisotopic (exact) mass is 273 g/mol. The molecule has 3 rings (SSSR count). The third-order valence-electron chi connectivity index (χ3n) is 4.18. The molecule has 1 N–H and O–H groups in total. The molecule has 5 heteroatoms. The molecule has 1 aliphatic heterocycles. The molecule has 2 aromatic heterocycles. The van der Waals surface area contributed by atoms with Gasteiger partial charge in [0.1, 0.15) is 5.65 Å². The van der Waals surface area contributed by atoms with Gasteiger partial charge in [0.05, 0.1) is 11.8 Å². The second-order valence-corrected chi connectivity index (χ2v) is 5.55. The minimum Gasteiger partial charge on any atom is -0.377 e. The van der Waals surface area contributed by atoms with E-state index in [2.05, 4.69) is 24.1 Å². The topological polar surface area (TPSA) is 55.6 Å². The standard InChI is InChI=1S/C15H19N3O2/c1-11-15(2,6-8-20-11)16-10-12-9-14(19)18-7-4-3-5-13(18)17-12/h3-5,7,9,11,16H,6,8,10H2,1-2H3. The highest BCUT2D eigenvalue weighted by atomic mass is 16.5. The molecule has 0 aromatic carbocycles. The van der Waals surface area contributed by atoms with Gasteiger partial charge in [-0.25, -0.2) is 4.98 Å². The van der Waals surface area contributed by atoms with Gasteiger partial charge in [0, 0.05) is 31.0 Å². The lowest BCUT2D eigenvalue weighted by molar-refractivity contribution is 0.0880. The van der Waals surface area contributed by atoms with Crippen molar-refractivity contribution in [1.82, 2.24) is 14.7 Å². The van der Waals surface area contributed by atoms with Crippen molar-refractivity contribution in [1.29, 1.82) is 0 Å². The second-order valence-electron chi connectivity index (χ2n) is 5.55. The van der Waals surface area contributed by atoms with Crippen LogP contribution in [0.3, 0.4) is 0 Å². The number of ether oxygens (including phenoxy) is 1. The van der Waals surface area contributed by atoms with Crippen molar-refractivity contribution in [3.05, 3.63) is 46.5 Å². The molecule has 5 nitrogen and oxygen atoms in total. The first kappa shape index (κ1) is 13.3. The fourth-order valence-corrected chi connectivity index (χ4v) is 2.55. The first-order valence-electron chi connectivity index (χ1n) is 6.92. The summed E-state index contributed by atoms with van der Waals surface area (Å²) in [5.41, 5.74) is 1.34. The van der Waals surface area contributed by atoms with Crippen LogP contribution in [0.1, 0.15) is 26.0 Å². The number of aromatic nitrogens is 2. The highest BCUT2D eigenvalue weighted by Crippen LogP contribution is 2.25. The van der Waals surface area contributed by atoms with Crippen molar-refractivity contribution in [3.63, 3.8) is 0 Å². The van der Waals surface area contributed by atoms with Crippen molar-refractivity contribution in [2.75, 3.05) is 6.61 Å². The highest BCUT2D eigenvalue weighted by molar-refractivity contribution is 5.38. The molecule has 3 heterocycles. The lowest BCUT2D eigenvalue weighted by Gasteiger charge is -2.28. The van der Waals surface area contributed by atoms with Crippen LogP contribution in [0.15, 0.2) is 35.3 Å². The Bertz CT molecular complexity index is 682. The van der Waals surface area contributed by atoms with E-state index in [1.54, 1.807) is 16.7 Å². The fourth-order valence-electron chi connectivity index (χ4n) is 2.55. The van der Waals surface area contributed by atoms with Gasteiger partial charge < -0.3 is 10.1 Å². The Morgan fingerprint density at radius 3 is 3.15 bits per heavy atom. The summed E-state index contributed by atoms with van der Waals surface area (Å²) in [5.74, 6) is 0. The predicted octanol–water partition coefficient (Wildman–Crippen LogP) is 1.35. The number of fused-ring (bicyclic) bond motifs is 1. The second kappa shape index (κ2) is 5.00. The van der Waals surface area contributed by atoms with Crippen LogP contribution in [0, 0.1) is 0 Å². The fraction of sp³-hybridized carbons (Fsp3) is 0.467. The molecule has 106 valence electrons. The Hall–Kier alpha value is -1.72. The summed E-state index contributed by atoms with van der Waals surface area (Å²) in [6.45, 7) is 5.57. The van der Waals surface area contributed by atoms with Crippen LogP contribution in [0.2, 0.25) is 0 Å². The molecule has 0 amide bonds. The zero-order valence-electron chi connectivity index (χ0n) is 11.8. The predicted molar refractivity (Wildman–Crippen MR) is 76.7 cm³/mol. The molecule has 0 radical (unpaired) electrons. The summed E-state index contributed by atoms with van der Waals surface area (Å²) in [4.78, 5) is 16.5. The molecule has 20 heavy (non-hydrogen) atoms. The molecule has 2 unspecified atom stereocenters. The van der Waals surface area contributed by atoms with Crippen LogP contribution >= 0.6 is 0 Å². The minimum atomic E-state index is -0.0521. The number of rotatable bonds is 3. The molecular weight excluding hydrogens is 254 g/mol. The Morgan fingerprint density at radius 2 is 2.40 bits per heavy atom. The summed E-state index contributed by atoms with van der Waals surface area (Å²) in [7, 11) is 0. The molecule has 0 spiro atoms. The zero-order chi connectivity index (χ0) is 14.2. The molecular formula is C15H19N3O2. The van der Waals surface area contributed by atoms with E-state index in [4.69, 9.17) is 4.74 Å². The lowest BCUT2D eigenvalue weighted by atomic mass is 9.94. The summed E-state index contributed by atoms with van der Waals surface area (Å²) < 4.78 is 7.15. The van der Waals surface area contributed by atoms with Crippen LogP contribution in [-0.4, -0.2) is 27.6 Å². The van der Waals surface area contributed by atoms with E-state index >= 15 is 0 Å². The summed E-state index contributed by atoms with van der Waals surface area (Å²) >= 11 is 0. The first-order chi connectivity index (χ1) is 9.58. The third kappa shape index (κ3) is 2.34. The molecule has 1 fully saturated rings. The quantitative estimate of drug-likeness (QED) is 0.917. The molecule has 0 saturated carbocycles. The minimum absolute atomic E-state index is 0.0479. The Labute approximate surface area is 117 Å². The van der Waals surface area contributed by atoms with Crippen LogP contribution < -0.4 is 10.9 Å². The van der Waals surface area contributed by atoms with E-state index in [0.29, 0.717) is 12.2 Å². The van der Waals surface area contributed by atoms with Crippen molar-refractivity contribution >= 4 is 5.65 Å². The van der Waals surface area contributed by atoms with Gasteiger partial charge >= 0.3 is 0 Å². The summed E-state index contributed by atoms with van der Waals surface area (Å²) in [5, 5.41) is 3.48. The molecule has 1 saturated heterocycles.